The first kappa shape index (κ1) is 25.2. The van der Waals surface area contributed by atoms with Crippen molar-refractivity contribution in [1.82, 2.24) is 14.9 Å². The predicted octanol–water partition coefficient (Wildman–Crippen LogP) is 6.91. The third-order valence-corrected chi connectivity index (χ3v) is 6.52. The summed E-state index contributed by atoms with van der Waals surface area (Å²) in [6, 6.07) is 16.4. The number of hydrogen-bond acceptors (Lipinski definition) is 6. The molecule has 0 atom stereocenters. The van der Waals surface area contributed by atoms with Crippen LogP contribution in [0.1, 0.15) is 11.1 Å². The van der Waals surface area contributed by atoms with Crippen molar-refractivity contribution in [3.8, 4) is 28.6 Å². The Kier molecular flexibility index (Phi) is 8.07. The van der Waals surface area contributed by atoms with Gasteiger partial charge in [0.15, 0.2) is 17.3 Å². The van der Waals surface area contributed by atoms with Gasteiger partial charge in [-0.3, -0.25) is 0 Å². The molecule has 1 aromatic heterocycles. The lowest BCUT2D eigenvalue weighted by atomic mass is 10.2. The number of benzene rings is 3. The summed E-state index contributed by atoms with van der Waals surface area (Å²) in [5.41, 5.74) is 5.69. The van der Waals surface area contributed by atoms with E-state index in [4.69, 9.17) is 61.2 Å². The maximum absolute atomic E-state index is 6.58. The molecule has 0 spiro atoms. The van der Waals surface area contributed by atoms with Crippen molar-refractivity contribution in [3.05, 3.63) is 85.6 Å². The molecule has 182 valence electrons. The standard InChI is InChI=1S/C24H21Cl3N4O3S/c1-32-20-6-4-3-5-16(20)23-29-30-24(35)31(23)28-12-15-10-21(33-2)22(11-18(15)26)34-13-14-7-8-17(25)19(27)9-14/h3-11,28H,12-13H2,1-2H3,(H,30,35). The SMILES string of the molecule is COc1cc(CNn2c(-c3ccccc3OC)n[nH]c2=S)c(Cl)cc1OCc1ccc(Cl)c(Cl)c1. The lowest BCUT2D eigenvalue weighted by molar-refractivity contribution is 0.284. The summed E-state index contributed by atoms with van der Waals surface area (Å²) >= 11 is 24.1. The molecule has 0 amide bonds. The minimum Gasteiger partial charge on any atom is -0.496 e. The van der Waals surface area contributed by atoms with Gasteiger partial charge in [0, 0.05) is 11.1 Å². The number of H-pyrrole nitrogens is 1. The molecule has 0 saturated heterocycles. The number of halogens is 3. The molecule has 11 heteroatoms. The number of nitrogens with one attached hydrogen (secondary N) is 2. The van der Waals surface area contributed by atoms with Gasteiger partial charge >= 0.3 is 0 Å². The largest absolute Gasteiger partial charge is 0.496 e. The van der Waals surface area contributed by atoms with Crippen LogP contribution in [0.15, 0.2) is 54.6 Å². The number of para-hydroxylation sites is 1. The van der Waals surface area contributed by atoms with E-state index in [9.17, 15) is 0 Å². The molecule has 0 bridgehead atoms. The Morgan fingerprint density at radius 1 is 0.914 bits per heavy atom. The number of hydrogen-bond donors (Lipinski definition) is 2. The van der Waals surface area contributed by atoms with E-state index in [0.29, 0.717) is 49.5 Å². The highest BCUT2D eigenvalue weighted by molar-refractivity contribution is 7.71. The Hall–Kier alpha value is -2.91. The Bertz CT molecular complexity index is 1410. The molecule has 35 heavy (non-hydrogen) atoms. The van der Waals surface area contributed by atoms with Gasteiger partial charge in [0.1, 0.15) is 12.4 Å². The van der Waals surface area contributed by atoms with E-state index >= 15 is 0 Å². The molecule has 0 aliphatic rings. The zero-order chi connectivity index (χ0) is 24.9. The molecule has 0 saturated carbocycles. The van der Waals surface area contributed by atoms with E-state index in [1.54, 1.807) is 37.1 Å². The quantitative estimate of drug-likeness (QED) is 0.220. The molecule has 7 nitrogen and oxygen atoms in total. The fourth-order valence-electron chi connectivity index (χ4n) is 3.39. The van der Waals surface area contributed by atoms with Crippen LogP contribution in [-0.4, -0.2) is 29.1 Å². The van der Waals surface area contributed by atoms with Gasteiger partial charge in [-0.1, -0.05) is 53.0 Å². The van der Waals surface area contributed by atoms with E-state index in [-0.39, 0.29) is 6.61 Å². The van der Waals surface area contributed by atoms with Crippen molar-refractivity contribution >= 4 is 47.0 Å². The minimum atomic E-state index is 0.271. The van der Waals surface area contributed by atoms with Crippen molar-refractivity contribution < 1.29 is 14.2 Å². The molecule has 4 aromatic rings. The first-order valence-corrected chi connectivity index (χ1v) is 11.9. The summed E-state index contributed by atoms with van der Waals surface area (Å²) in [5.74, 6) is 2.29. The summed E-state index contributed by atoms with van der Waals surface area (Å²) < 4.78 is 19.0. The summed E-state index contributed by atoms with van der Waals surface area (Å²) in [5, 5.41) is 8.61. The van der Waals surface area contributed by atoms with Gasteiger partial charge in [-0.05, 0) is 53.7 Å². The second-order valence-electron chi connectivity index (χ2n) is 7.35. The Balaban J connectivity index is 1.54. The molecule has 1 heterocycles. The maximum Gasteiger partial charge on any atom is 0.214 e. The zero-order valence-electron chi connectivity index (χ0n) is 18.8. The number of nitrogens with zero attached hydrogens (tertiary/aromatic N) is 2. The zero-order valence-corrected chi connectivity index (χ0v) is 21.9. The van der Waals surface area contributed by atoms with Crippen LogP contribution in [0.25, 0.3) is 11.4 Å². The van der Waals surface area contributed by atoms with Gasteiger partial charge in [-0.2, -0.15) is 5.10 Å². The average Bonchev–Trinajstić information content (AvgIpc) is 3.23. The lowest BCUT2D eigenvalue weighted by Gasteiger charge is -2.16. The normalized spacial score (nSPS) is 10.8. The summed E-state index contributed by atoms with van der Waals surface area (Å²) in [7, 11) is 3.17. The van der Waals surface area contributed by atoms with E-state index in [1.165, 1.54) is 0 Å². The first-order chi connectivity index (χ1) is 16.9. The van der Waals surface area contributed by atoms with Gasteiger partial charge in [-0.15, -0.1) is 0 Å². The fraction of sp³-hybridized carbons (Fsp3) is 0.167. The maximum atomic E-state index is 6.58. The summed E-state index contributed by atoms with van der Waals surface area (Å²) in [4.78, 5) is 0. The molecular formula is C24H21Cl3N4O3S. The fourth-order valence-corrected chi connectivity index (χ4v) is 4.13. The molecule has 0 radical (unpaired) electrons. The Morgan fingerprint density at radius 3 is 2.43 bits per heavy atom. The van der Waals surface area contributed by atoms with E-state index in [0.717, 1.165) is 16.7 Å². The van der Waals surface area contributed by atoms with Gasteiger partial charge in [0.05, 0.1) is 36.4 Å². The number of rotatable bonds is 9. The van der Waals surface area contributed by atoms with Crippen molar-refractivity contribution in [2.45, 2.75) is 13.2 Å². The van der Waals surface area contributed by atoms with Crippen LogP contribution in [0.5, 0.6) is 17.2 Å². The van der Waals surface area contributed by atoms with E-state index < -0.39 is 0 Å². The smallest absolute Gasteiger partial charge is 0.214 e. The molecule has 0 fully saturated rings. The summed E-state index contributed by atoms with van der Waals surface area (Å²) in [6.07, 6.45) is 0. The minimum absolute atomic E-state index is 0.271. The van der Waals surface area contributed by atoms with E-state index in [1.807, 2.05) is 36.4 Å². The van der Waals surface area contributed by atoms with Crippen LogP contribution in [0, 0.1) is 4.77 Å². The number of aromatic amines is 1. The molecule has 0 unspecified atom stereocenters. The highest BCUT2D eigenvalue weighted by Gasteiger charge is 2.15. The van der Waals surface area contributed by atoms with Gasteiger partial charge in [0.25, 0.3) is 0 Å². The highest BCUT2D eigenvalue weighted by atomic mass is 35.5. The van der Waals surface area contributed by atoms with Crippen molar-refractivity contribution in [1.29, 1.82) is 0 Å². The van der Waals surface area contributed by atoms with Gasteiger partial charge in [0.2, 0.25) is 4.77 Å². The van der Waals surface area contributed by atoms with Crippen LogP contribution >= 0.6 is 47.0 Å². The molecule has 2 N–H and O–H groups in total. The summed E-state index contributed by atoms with van der Waals surface area (Å²) in [6.45, 7) is 0.617. The van der Waals surface area contributed by atoms with Crippen LogP contribution < -0.4 is 19.6 Å². The van der Waals surface area contributed by atoms with Gasteiger partial charge in [-0.25, -0.2) is 9.77 Å². The van der Waals surface area contributed by atoms with Crippen LogP contribution in [0.3, 0.4) is 0 Å². The van der Waals surface area contributed by atoms with Crippen molar-refractivity contribution in [3.63, 3.8) is 0 Å². The Labute approximate surface area is 222 Å². The molecule has 0 aliphatic heterocycles. The topological polar surface area (TPSA) is 73.3 Å². The molecule has 4 rings (SSSR count). The number of methoxy groups -OCH3 is 2. The highest BCUT2D eigenvalue weighted by Crippen LogP contribution is 2.35. The third-order valence-electron chi connectivity index (χ3n) is 5.16. The molecule has 0 aliphatic carbocycles. The van der Waals surface area contributed by atoms with Crippen molar-refractivity contribution in [2.75, 3.05) is 19.6 Å². The van der Waals surface area contributed by atoms with Gasteiger partial charge < -0.3 is 19.6 Å². The first-order valence-electron chi connectivity index (χ1n) is 10.4. The van der Waals surface area contributed by atoms with E-state index in [2.05, 4.69) is 15.6 Å². The molecule has 3 aromatic carbocycles. The lowest BCUT2D eigenvalue weighted by Crippen LogP contribution is -2.16. The second kappa shape index (κ2) is 11.2. The average molecular weight is 552 g/mol. The number of ether oxygens (including phenoxy) is 3. The third kappa shape index (κ3) is 5.67. The van der Waals surface area contributed by atoms with Crippen LogP contribution in [0.4, 0.5) is 0 Å². The van der Waals surface area contributed by atoms with Crippen LogP contribution in [-0.2, 0) is 13.2 Å². The monoisotopic (exact) mass is 550 g/mol. The molecular weight excluding hydrogens is 531 g/mol. The Morgan fingerprint density at radius 2 is 1.69 bits per heavy atom. The predicted molar refractivity (Wildman–Crippen MR) is 141 cm³/mol. The second-order valence-corrected chi connectivity index (χ2v) is 8.96. The van der Waals surface area contributed by atoms with Crippen molar-refractivity contribution in [2.24, 2.45) is 0 Å². The number of aromatic nitrogens is 3. The van der Waals surface area contributed by atoms with Crippen LogP contribution in [0.2, 0.25) is 15.1 Å².